The first-order chi connectivity index (χ1) is 8.74. The molecule has 1 aliphatic rings. The normalized spacial score (nSPS) is 18.6. The molecule has 1 N–H and O–H groups in total. The molecule has 1 unspecified atom stereocenters. The number of hydrogen-bond acceptors (Lipinski definition) is 4. The molecular weight excluding hydrogens is 232 g/mol. The third-order valence-corrected chi connectivity index (χ3v) is 3.27. The zero-order chi connectivity index (χ0) is 13.2. The fourth-order valence-electron chi connectivity index (χ4n) is 2.11. The van der Waals surface area contributed by atoms with Crippen molar-refractivity contribution in [3.63, 3.8) is 0 Å². The predicted molar refractivity (Wildman–Crippen MR) is 70.6 cm³/mol. The van der Waals surface area contributed by atoms with E-state index in [4.69, 9.17) is 9.47 Å². The Kier molecular flexibility index (Phi) is 7.96. The number of hydrogen-bond donors (Lipinski definition) is 1. The van der Waals surface area contributed by atoms with Crippen molar-refractivity contribution in [3.05, 3.63) is 0 Å². The van der Waals surface area contributed by atoms with Crippen LogP contribution in [0.25, 0.3) is 0 Å². The summed E-state index contributed by atoms with van der Waals surface area (Å²) in [5.74, 6) is -0.0463. The van der Waals surface area contributed by atoms with Gasteiger partial charge in [0.2, 0.25) is 5.91 Å². The minimum absolute atomic E-state index is 0.0463. The second kappa shape index (κ2) is 9.30. The third-order valence-electron chi connectivity index (χ3n) is 3.27. The SMILES string of the molecule is COCCOCC(=O)NCC(C)N1CCCCC1. The zero-order valence-electron chi connectivity index (χ0n) is 11.6. The topological polar surface area (TPSA) is 50.8 Å². The quantitative estimate of drug-likeness (QED) is 0.649. The number of nitrogens with one attached hydrogen (secondary N) is 1. The highest BCUT2D eigenvalue weighted by atomic mass is 16.5. The van der Waals surface area contributed by atoms with Crippen LogP contribution in [-0.2, 0) is 14.3 Å². The van der Waals surface area contributed by atoms with Crippen LogP contribution in [0.3, 0.4) is 0 Å². The van der Waals surface area contributed by atoms with Gasteiger partial charge in [-0.2, -0.15) is 0 Å². The molecule has 0 bridgehead atoms. The number of amides is 1. The summed E-state index contributed by atoms with van der Waals surface area (Å²) in [7, 11) is 1.61. The van der Waals surface area contributed by atoms with E-state index in [2.05, 4.69) is 17.1 Å². The van der Waals surface area contributed by atoms with Gasteiger partial charge in [-0.15, -0.1) is 0 Å². The van der Waals surface area contributed by atoms with Gasteiger partial charge >= 0.3 is 0 Å². The van der Waals surface area contributed by atoms with E-state index in [9.17, 15) is 4.79 Å². The summed E-state index contributed by atoms with van der Waals surface area (Å²) in [5.41, 5.74) is 0. The van der Waals surface area contributed by atoms with E-state index < -0.39 is 0 Å². The van der Waals surface area contributed by atoms with Gasteiger partial charge in [0.05, 0.1) is 13.2 Å². The number of piperidine rings is 1. The van der Waals surface area contributed by atoms with Gasteiger partial charge in [-0.05, 0) is 32.9 Å². The summed E-state index contributed by atoms with van der Waals surface area (Å²) >= 11 is 0. The summed E-state index contributed by atoms with van der Waals surface area (Å²) in [6, 6.07) is 0.410. The molecule has 0 radical (unpaired) electrons. The number of likely N-dealkylation sites (tertiary alicyclic amines) is 1. The molecule has 0 aromatic carbocycles. The van der Waals surface area contributed by atoms with Gasteiger partial charge in [0.15, 0.2) is 0 Å². The van der Waals surface area contributed by atoms with Gasteiger partial charge in [-0.3, -0.25) is 9.69 Å². The highest BCUT2D eigenvalue weighted by Gasteiger charge is 2.16. The molecular formula is C13H26N2O3. The van der Waals surface area contributed by atoms with Crippen LogP contribution in [0.2, 0.25) is 0 Å². The van der Waals surface area contributed by atoms with Gasteiger partial charge in [-0.1, -0.05) is 6.42 Å². The van der Waals surface area contributed by atoms with Crippen molar-refractivity contribution >= 4 is 5.91 Å². The minimum Gasteiger partial charge on any atom is -0.382 e. The van der Waals surface area contributed by atoms with Gasteiger partial charge in [-0.25, -0.2) is 0 Å². The maximum atomic E-state index is 11.5. The van der Waals surface area contributed by atoms with Gasteiger partial charge in [0.1, 0.15) is 6.61 Å². The average Bonchev–Trinajstić information content (AvgIpc) is 2.42. The molecule has 5 heteroatoms. The Morgan fingerprint density at radius 1 is 1.28 bits per heavy atom. The Bertz CT molecular complexity index is 230. The standard InChI is InChI=1S/C13H26N2O3/c1-12(15-6-4-3-5-7-15)10-14-13(16)11-18-9-8-17-2/h12H,3-11H2,1-2H3,(H,14,16). The van der Waals surface area contributed by atoms with Crippen molar-refractivity contribution in [2.45, 2.75) is 32.2 Å². The van der Waals surface area contributed by atoms with Crippen molar-refractivity contribution in [3.8, 4) is 0 Å². The van der Waals surface area contributed by atoms with E-state index in [0.717, 1.165) is 13.1 Å². The van der Waals surface area contributed by atoms with Gasteiger partial charge in [0, 0.05) is 19.7 Å². The molecule has 1 aliphatic heterocycles. The maximum absolute atomic E-state index is 11.5. The minimum atomic E-state index is -0.0463. The van der Waals surface area contributed by atoms with E-state index in [1.54, 1.807) is 7.11 Å². The first-order valence-electron chi connectivity index (χ1n) is 6.81. The van der Waals surface area contributed by atoms with Gasteiger partial charge < -0.3 is 14.8 Å². The van der Waals surface area contributed by atoms with E-state index in [1.165, 1.54) is 19.3 Å². The van der Waals surface area contributed by atoms with Crippen molar-refractivity contribution in [2.75, 3.05) is 46.6 Å². The Labute approximate surface area is 110 Å². The zero-order valence-corrected chi connectivity index (χ0v) is 11.6. The maximum Gasteiger partial charge on any atom is 0.246 e. The molecule has 1 fully saturated rings. The van der Waals surface area contributed by atoms with Gasteiger partial charge in [0.25, 0.3) is 0 Å². The number of methoxy groups -OCH3 is 1. The monoisotopic (exact) mass is 258 g/mol. The van der Waals surface area contributed by atoms with Crippen LogP contribution < -0.4 is 5.32 Å². The molecule has 1 atom stereocenters. The molecule has 1 amide bonds. The summed E-state index contributed by atoms with van der Waals surface area (Å²) < 4.78 is 10.0. The predicted octanol–water partition coefficient (Wildman–Crippen LogP) is 0.640. The average molecular weight is 258 g/mol. The molecule has 0 spiro atoms. The Balaban J connectivity index is 2.05. The molecule has 5 nitrogen and oxygen atoms in total. The van der Waals surface area contributed by atoms with Crippen molar-refractivity contribution in [1.82, 2.24) is 10.2 Å². The number of ether oxygens (including phenoxy) is 2. The second-order valence-corrected chi connectivity index (χ2v) is 4.80. The summed E-state index contributed by atoms with van der Waals surface area (Å²) in [4.78, 5) is 13.9. The van der Waals surface area contributed by atoms with Crippen LogP contribution in [0.5, 0.6) is 0 Å². The molecule has 106 valence electrons. The van der Waals surface area contributed by atoms with Crippen LogP contribution in [0.1, 0.15) is 26.2 Å². The van der Waals surface area contributed by atoms with Crippen LogP contribution in [0.15, 0.2) is 0 Å². The Morgan fingerprint density at radius 3 is 2.67 bits per heavy atom. The first kappa shape index (κ1) is 15.4. The first-order valence-corrected chi connectivity index (χ1v) is 6.81. The lowest BCUT2D eigenvalue weighted by molar-refractivity contribution is -0.126. The van der Waals surface area contributed by atoms with Crippen LogP contribution in [0.4, 0.5) is 0 Å². The summed E-state index contributed by atoms with van der Waals surface area (Å²) in [5, 5.41) is 2.91. The Morgan fingerprint density at radius 2 is 2.00 bits per heavy atom. The Hall–Kier alpha value is -0.650. The van der Waals surface area contributed by atoms with Crippen LogP contribution in [-0.4, -0.2) is 63.4 Å². The van der Waals surface area contributed by atoms with Crippen LogP contribution in [0, 0.1) is 0 Å². The van der Waals surface area contributed by atoms with Crippen molar-refractivity contribution in [2.24, 2.45) is 0 Å². The number of rotatable bonds is 8. The van der Waals surface area contributed by atoms with Crippen molar-refractivity contribution < 1.29 is 14.3 Å². The van der Waals surface area contributed by atoms with E-state index in [0.29, 0.717) is 25.8 Å². The lowest BCUT2D eigenvalue weighted by Gasteiger charge is -2.32. The van der Waals surface area contributed by atoms with E-state index in [1.807, 2.05) is 0 Å². The van der Waals surface area contributed by atoms with Crippen LogP contribution >= 0.6 is 0 Å². The lowest BCUT2D eigenvalue weighted by Crippen LogP contribution is -2.45. The molecule has 1 heterocycles. The second-order valence-electron chi connectivity index (χ2n) is 4.80. The smallest absolute Gasteiger partial charge is 0.246 e. The highest BCUT2D eigenvalue weighted by Crippen LogP contribution is 2.11. The number of carbonyl (C=O) groups excluding carboxylic acids is 1. The fourth-order valence-corrected chi connectivity index (χ4v) is 2.11. The molecule has 0 aromatic heterocycles. The number of carbonyl (C=O) groups is 1. The summed E-state index contributed by atoms with van der Waals surface area (Å²) in [6.07, 6.45) is 3.89. The fraction of sp³-hybridized carbons (Fsp3) is 0.923. The lowest BCUT2D eigenvalue weighted by atomic mass is 10.1. The molecule has 0 saturated carbocycles. The van der Waals surface area contributed by atoms with E-state index in [-0.39, 0.29) is 12.5 Å². The number of nitrogens with zero attached hydrogens (tertiary/aromatic N) is 1. The van der Waals surface area contributed by atoms with E-state index >= 15 is 0 Å². The summed E-state index contributed by atoms with van der Waals surface area (Å²) in [6.45, 7) is 6.28. The molecule has 18 heavy (non-hydrogen) atoms. The third kappa shape index (κ3) is 6.33. The molecule has 0 aromatic rings. The highest BCUT2D eigenvalue weighted by molar-refractivity contribution is 5.77. The van der Waals surface area contributed by atoms with Crippen molar-refractivity contribution in [1.29, 1.82) is 0 Å². The molecule has 0 aliphatic carbocycles. The largest absolute Gasteiger partial charge is 0.382 e. The molecule has 1 rings (SSSR count). The molecule has 1 saturated heterocycles.